The first-order chi connectivity index (χ1) is 22.5. The summed E-state index contributed by atoms with van der Waals surface area (Å²) >= 11 is 0. The van der Waals surface area contributed by atoms with E-state index in [-0.39, 0.29) is 30.8 Å². The van der Waals surface area contributed by atoms with Crippen LogP contribution in [0.1, 0.15) is 83.1 Å². The maximum absolute atomic E-state index is 14.4. The summed E-state index contributed by atoms with van der Waals surface area (Å²) in [5.74, 6) is 0.230. The van der Waals surface area contributed by atoms with Gasteiger partial charge < -0.3 is 27.2 Å². The van der Waals surface area contributed by atoms with Gasteiger partial charge in [0.1, 0.15) is 24.1 Å². The van der Waals surface area contributed by atoms with E-state index in [1.54, 1.807) is 44.6 Å². The van der Waals surface area contributed by atoms with Gasteiger partial charge in [-0.1, -0.05) is 101 Å². The second-order valence-corrected chi connectivity index (χ2v) is 40.9. The van der Waals surface area contributed by atoms with E-state index in [4.69, 9.17) is 27.2 Å². The van der Waals surface area contributed by atoms with Crippen LogP contribution in [0.5, 0.6) is 0 Å². The molecule has 0 aromatic heterocycles. The molecule has 298 valence electrons. The van der Waals surface area contributed by atoms with Crippen molar-refractivity contribution >= 4 is 43.1 Å². The van der Waals surface area contributed by atoms with Crippen LogP contribution in [0.15, 0.2) is 46.4 Å². The molecule has 1 aromatic rings. The van der Waals surface area contributed by atoms with E-state index in [1.807, 2.05) is 0 Å². The zero-order valence-electron chi connectivity index (χ0n) is 36.4. The van der Waals surface area contributed by atoms with Gasteiger partial charge in [0.25, 0.3) is 0 Å². The summed E-state index contributed by atoms with van der Waals surface area (Å²) in [5, 5.41) is 0.440. The topological polar surface area (TPSA) is 89.5 Å². The molecule has 0 heterocycles. The van der Waals surface area contributed by atoms with Gasteiger partial charge in [-0.3, -0.25) is 0 Å². The Morgan fingerprint density at radius 2 is 0.922 bits per heavy atom. The van der Waals surface area contributed by atoms with Crippen LogP contribution in [0.25, 0.3) is 0 Å². The van der Waals surface area contributed by atoms with Crippen LogP contribution in [-0.4, -0.2) is 80.5 Å². The van der Waals surface area contributed by atoms with Crippen molar-refractivity contribution in [2.75, 3.05) is 14.2 Å². The minimum atomic E-state index is -4.00. The van der Waals surface area contributed by atoms with Crippen molar-refractivity contribution in [1.29, 1.82) is 0 Å². The second kappa shape index (κ2) is 16.6. The Kier molecular flexibility index (Phi) is 15.8. The predicted octanol–water partition coefficient (Wildman–Crippen LogP) is 11.1. The minimum absolute atomic E-state index is 0.165. The van der Waals surface area contributed by atoms with Crippen LogP contribution < -0.4 is 0 Å². The third kappa shape index (κ3) is 12.4. The summed E-state index contributed by atoms with van der Waals surface area (Å²) in [5.41, 5.74) is 0. The zero-order chi connectivity index (χ0) is 40.4. The molecule has 0 radical (unpaired) electrons. The molecular formula is C38H76O8SSi4. The Hall–Kier alpha value is -0.622. The molecule has 0 N–H and O–H groups in total. The smallest absolute Gasteiger partial charge is 0.250 e. The van der Waals surface area contributed by atoms with Crippen LogP contribution in [0.3, 0.4) is 0 Å². The fraction of sp³-hybridized carbons (Fsp3) is 0.789. The molecule has 3 atom stereocenters. The molecule has 0 fully saturated rings. The normalized spacial score (nSPS) is 17.0. The first-order valence-electron chi connectivity index (χ1n) is 18.3. The molecule has 0 aliphatic carbocycles. The van der Waals surface area contributed by atoms with Gasteiger partial charge in [0.05, 0.1) is 10.3 Å². The fourth-order valence-electron chi connectivity index (χ4n) is 4.19. The zero-order valence-corrected chi connectivity index (χ0v) is 41.3. The van der Waals surface area contributed by atoms with Crippen LogP contribution in [0, 0.1) is 0 Å². The summed E-state index contributed by atoms with van der Waals surface area (Å²) in [6.45, 7) is 43.5. The SMILES string of the molecule is COC(OC)[C@@H](O[Si](C)(C)C(C)(C)C)[C@@H](O[Si](C)(C)C(C)(C)C)[C@@H](O[Si](C)(C)C(C)(C)C)/C(=C/S(=O)(=O)c1ccccc1)O[Si](C)(C)C(C)(C)C. The molecule has 0 spiro atoms. The van der Waals surface area contributed by atoms with E-state index in [9.17, 15) is 8.42 Å². The van der Waals surface area contributed by atoms with Crippen LogP contribution >= 0.6 is 0 Å². The van der Waals surface area contributed by atoms with Gasteiger partial charge in [-0.15, -0.1) is 0 Å². The van der Waals surface area contributed by atoms with Gasteiger partial charge in [-0.25, -0.2) is 8.42 Å². The van der Waals surface area contributed by atoms with Gasteiger partial charge in [0, 0.05) is 14.2 Å². The van der Waals surface area contributed by atoms with Crippen molar-refractivity contribution in [1.82, 2.24) is 0 Å². The number of hydrogen-bond donors (Lipinski definition) is 0. The van der Waals surface area contributed by atoms with Crippen molar-refractivity contribution < 1.29 is 35.6 Å². The summed E-state index contributed by atoms with van der Waals surface area (Å²) in [6, 6.07) is 8.48. The average molecular weight is 805 g/mol. The van der Waals surface area contributed by atoms with E-state index in [2.05, 4.69) is 135 Å². The maximum atomic E-state index is 14.4. The highest BCUT2D eigenvalue weighted by atomic mass is 32.2. The molecule has 8 nitrogen and oxygen atoms in total. The van der Waals surface area contributed by atoms with Gasteiger partial charge in [0.15, 0.2) is 31.2 Å². The maximum Gasteiger partial charge on any atom is 0.250 e. The third-order valence-electron chi connectivity index (χ3n) is 11.9. The van der Waals surface area contributed by atoms with Gasteiger partial charge in [-0.2, -0.15) is 0 Å². The van der Waals surface area contributed by atoms with Crippen molar-refractivity contribution in [2.24, 2.45) is 0 Å². The standard InChI is InChI=1S/C38H76O8SSi4/c1-35(2,3)48(15,16)43-30(28-47(39,40)29-26-24-23-25-27-29)31(44-49(17,18)36(4,5)6)32(45-50(19,20)37(7,8)9)33(34(41-13)42-14)46-51(21,22)38(10,11)12/h23-28,31-34H,1-22H3/b30-28-/t31-,32-,33-/m0/s1. The van der Waals surface area contributed by atoms with E-state index in [0.717, 1.165) is 0 Å². The monoisotopic (exact) mass is 804 g/mol. The number of benzene rings is 1. The fourth-order valence-corrected chi connectivity index (χ4v) is 10.3. The quantitative estimate of drug-likeness (QED) is 0.0927. The van der Waals surface area contributed by atoms with Crippen molar-refractivity contribution in [2.45, 2.75) is 185 Å². The largest absolute Gasteiger partial charge is 0.544 e. The van der Waals surface area contributed by atoms with Gasteiger partial charge in [0.2, 0.25) is 18.2 Å². The van der Waals surface area contributed by atoms with E-state index < -0.39 is 67.7 Å². The highest BCUT2D eigenvalue weighted by molar-refractivity contribution is 7.94. The lowest BCUT2D eigenvalue weighted by Crippen LogP contribution is -2.62. The number of ether oxygens (including phenoxy) is 2. The lowest BCUT2D eigenvalue weighted by atomic mass is 10.1. The summed E-state index contributed by atoms with van der Waals surface area (Å²) in [6.07, 6.45) is -3.48. The van der Waals surface area contributed by atoms with E-state index in [0.29, 0.717) is 0 Å². The van der Waals surface area contributed by atoms with Gasteiger partial charge >= 0.3 is 0 Å². The molecular weight excluding hydrogens is 729 g/mol. The molecule has 1 rings (SSSR count). The van der Waals surface area contributed by atoms with Crippen molar-refractivity contribution in [3.8, 4) is 0 Å². The van der Waals surface area contributed by atoms with Crippen LogP contribution in [0.4, 0.5) is 0 Å². The number of sulfone groups is 1. The summed E-state index contributed by atoms with van der Waals surface area (Å²) < 4.78 is 70.4. The summed E-state index contributed by atoms with van der Waals surface area (Å²) in [4.78, 5) is 0.176. The number of hydrogen-bond acceptors (Lipinski definition) is 8. The molecule has 0 amide bonds. The van der Waals surface area contributed by atoms with E-state index >= 15 is 0 Å². The molecule has 0 saturated carbocycles. The Morgan fingerprint density at radius 3 is 1.27 bits per heavy atom. The molecule has 0 unspecified atom stereocenters. The predicted molar refractivity (Wildman–Crippen MR) is 224 cm³/mol. The Morgan fingerprint density at radius 1 is 0.569 bits per heavy atom. The molecule has 0 bridgehead atoms. The highest BCUT2D eigenvalue weighted by Gasteiger charge is 2.54. The average Bonchev–Trinajstić information content (AvgIpc) is 2.92. The molecule has 0 saturated heterocycles. The van der Waals surface area contributed by atoms with Crippen molar-refractivity contribution in [3.63, 3.8) is 0 Å². The second-order valence-electron chi connectivity index (χ2n) is 20.1. The van der Waals surface area contributed by atoms with E-state index in [1.165, 1.54) is 5.41 Å². The minimum Gasteiger partial charge on any atom is -0.544 e. The first-order valence-corrected chi connectivity index (χ1v) is 31.5. The molecule has 0 aliphatic rings. The number of rotatable bonds is 16. The Bertz CT molecular complexity index is 1390. The molecule has 1 aromatic carbocycles. The van der Waals surface area contributed by atoms with Crippen molar-refractivity contribution in [3.05, 3.63) is 41.5 Å². The van der Waals surface area contributed by atoms with Crippen LogP contribution in [0.2, 0.25) is 72.5 Å². The lowest BCUT2D eigenvalue weighted by Gasteiger charge is -2.51. The highest BCUT2D eigenvalue weighted by Crippen LogP contribution is 2.46. The summed E-state index contributed by atoms with van der Waals surface area (Å²) in [7, 11) is -11.3. The third-order valence-corrected chi connectivity index (χ3v) is 31.1. The molecule has 13 heteroatoms. The number of methoxy groups -OCH3 is 2. The Balaban J connectivity index is 4.61. The van der Waals surface area contributed by atoms with Gasteiger partial charge in [-0.05, 0) is 84.7 Å². The lowest BCUT2D eigenvalue weighted by molar-refractivity contribution is -0.193. The first kappa shape index (κ1) is 48.4. The van der Waals surface area contributed by atoms with Crippen LogP contribution in [-0.2, 0) is 37.0 Å². The molecule has 0 aliphatic heterocycles. The molecule has 51 heavy (non-hydrogen) atoms. The Labute approximate surface area is 318 Å².